The molecule has 1 aliphatic heterocycles. The van der Waals surface area contributed by atoms with Crippen LogP contribution >= 0.6 is 11.6 Å². The topological polar surface area (TPSA) is 141 Å². The maximum atomic E-state index is 15.2. The van der Waals surface area contributed by atoms with E-state index < -0.39 is 34.5 Å². The van der Waals surface area contributed by atoms with Gasteiger partial charge in [0.15, 0.2) is 0 Å². The summed E-state index contributed by atoms with van der Waals surface area (Å²) in [6.45, 7) is 1.21. The van der Waals surface area contributed by atoms with Crippen LogP contribution in [0.3, 0.4) is 0 Å². The van der Waals surface area contributed by atoms with Crippen molar-refractivity contribution in [2.24, 2.45) is 11.7 Å². The van der Waals surface area contributed by atoms with Gasteiger partial charge in [0.25, 0.3) is 5.91 Å². The number of carbonyl (C=O) groups is 2. The van der Waals surface area contributed by atoms with Crippen molar-refractivity contribution in [2.45, 2.75) is 68.5 Å². The van der Waals surface area contributed by atoms with E-state index in [1.54, 1.807) is 23.6 Å². The second kappa shape index (κ2) is 10.6. The molecule has 47 heavy (non-hydrogen) atoms. The van der Waals surface area contributed by atoms with Crippen LogP contribution in [0.2, 0.25) is 5.02 Å². The lowest BCUT2D eigenvalue weighted by Crippen LogP contribution is -2.44. The van der Waals surface area contributed by atoms with Gasteiger partial charge in [-0.25, -0.2) is 18.3 Å². The van der Waals surface area contributed by atoms with Gasteiger partial charge >= 0.3 is 0 Å². The van der Waals surface area contributed by atoms with E-state index in [1.165, 1.54) is 6.07 Å². The van der Waals surface area contributed by atoms with Crippen LogP contribution in [0.5, 0.6) is 11.6 Å². The number of nitrogens with two attached hydrogens (primary N) is 1. The maximum Gasteiger partial charge on any atom is 0.251 e. The first-order valence-corrected chi connectivity index (χ1v) is 16.2. The molecule has 3 aliphatic carbocycles. The van der Waals surface area contributed by atoms with Crippen molar-refractivity contribution < 1.29 is 33.0 Å². The third-order valence-electron chi connectivity index (χ3n) is 9.71. The predicted molar refractivity (Wildman–Crippen MR) is 166 cm³/mol. The molecule has 2 atom stereocenters. The van der Waals surface area contributed by atoms with E-state index in [0.717, 1.165) is 43.0 Å². The van der Waals surface area contributed by atoms with E-state index in [-0.39, 0.29) is 52.9 Å². The predicted octanol–water partition coefficient (Wildman–Crippen LogP) is 4.91. The normalized spacial score (nSPS) is 21.6. The minimum absolute atomic E-state index is 0.0632. The number of amides is 2. The minimum Gasteiger partial charge on any atom is -0.489 e. The van der Waals surface area contributed by atoms with Gasteiger partial charge in [-0.2, -0.15) is 5.10 Å². The van der Waals surface area contributed by atoms with Gasteiger partial charge in [-0.1, -0.05) is 11.6 Å². The fourth-order valence-electron chi connectivity index (χ4n) is 6.26. The molecule has 4 heterocycles. The maximum absolute atomic E-state index is 15.2. The van der Waals surface area contributed by atoms with Crippen LogP contribution in [0.4, 0.5) is 8.78 Å². The summed E-state index contributed by atoms with van der Waals surface area (Å²) < 4.78 is 43.0. The number of aliphatic hydroxyl groups is 1. The van der Waals surface area contributed by atoms with Gasteiger partial charge in [-0.05, 0) is 75.6 Å². The molecule has 244 valence electrons. The van der Waals surface area contributed by atoms with E-state index >= 15 is 4.39 Å². The van der Waals surface area contributed by atoms with Gasteiger partial charge in [0.05, 0.1) is 28.5 Å². The highest BCUT2D eigenvalue weighted by atomic mass is 35.5. The largest absolute Gasteiger partial charge is 0.489 e. The highest BCUT2D eigenvalue weighted by Crippen LogP contribution is 2.50. The Labute approximate surface area is 273 Å². The Bertz CT molecular complexity index is 1990. The zero-order chi connectivity index (χ0) is 32.8. The first-order chi connectivity index (χ1) is 22.4. The number of nitrogens with one attached hydrogen (secondary N) is 1. The first kappa shape index (κ1) is 30.1. The Kier molecular flexibility index (Phi) is 6.79. The van der Waals surface area contributed by atoms with Gasteiger partial charge in [0.1, 0.15) is 46.8 Å². The van der Waals surface area contributed by atoms with Crippen molar-refractivity contribution in [1.29, 1.82) is 0 Å². The van der Waals surface area contributed by atoms with Crippen molar-refractivity contribution in [3.8, 4) is 22.9 Å². The fourth-order valence-corrected chi connectivity index (χ4v) is 6.42. The lowest BCUT2D eigenvalue weighted by atomic mass is 9.81. The van der Waals surface area contributed by atoms with E-state index in [9.17, 15) is 19.1 Å². The van der Waals surface area contributed by atoms with Crippen molar-refractivity contribution >= 4 is 28.9 Å². The number of pyridine rings is 2. The first-order valence-electron chi connectivity index (χ1n) is 15.8. The number of carbonyl (C=O) groups excluding carboxylic acids is 2. The van der Waals surface area contributed by atoms with E-state index in [0.29, 0.717) is 41.8 Å². The Morgan fingerprint density at radius 1 is 1.13 bits per heavy atom. The third-order valence-corrected chi connectivity index (χ3v) is 10.0. The molecule has 4 N–H and O–H groups in total. The number of aromatic nitrogens is 3. The molecule has 2 amide bonds. The van der Waals surface area contributed by atoms with Crippen LogP contribution in [-0.2, 0) is 15.8 Å². The molecule has 0 spiro atoms. The lowest BCUT2D eigenvalue weighted by Gasteiger charge is -2.30. The van der Waals surface area contributed by atoms with Crippen LogP contribution in [0.25, 0.3) is 16.8 Å². The van der Waals surface area contributed by atoms with Crippen LogP contribution < -0.4 is 20.5 Å². The molecule has 0 radical (unpaired) electrons. The quantitative estimate of drug-likeness (QED) is 0.205. The summed E-state index contributed by atoms with van der Waals surface area (Å²) in [5.41, 5.74) is 4.95. The summed E-state index contributed by atoms with van der Waals surface area (Å²) in [5, 5.41) is 19.5. The molecule has 3 saturated carbocycles. The highest BCUT2D eigenvalue weighted by molar-refractivity contribution is 6.31. The number of nitrogens with zero attached hydrogens (tertiary/aromatic N) is 3. The number of fused-ring (bicyclic) bond motifs is 2. The summed E-state index contributed by atoms with van der Waals surface area (Å²) in [5.74, 6) is -2.35. The molecular formula is C34H32ClF2N5O5. The average Bonchev–Trinajstić information content (AvgIpc) is 3.92. The number of ether oxygens (including phenoxy) is 2. The van der Waals surface area contributed by atoms with Crippen molar-refractivity contribution in [1.82, 2.24) is 19.9 Å². The van der Waals surface area contributed by atoms with Gasteiger partial charge in [0, 0.05) is 34.7 Å². The molecule has 13 heteroatoms. The number of benzene rings is 1. The SMILES string of the molecule is C[C@]1(C(N)=O)COc2c1cc([C@@](O)(CNC(=O)c1cc(OC3CC3)n3nc(C4CC4)cc3c1)C1CC1)nc2-c1cc(Cl)c(F)cc1F. The second-order valence-corrected chi connectivity index (χ2v) is 13.8. The number of hydrogen-bond acceptors (Lipinski definition) is 7. The number of primary amides is 1. The standard InChI is InChI=1S/C34H32ClF2N5O5/c1-33(32(38)44)15-46-30-22(33)12-27(40-29(30)21-11-23(35)25(37)13-24(21)36)34(45,18-4-5-18)14-39-31(43)17-8-19-10-26(16-2-3-16)41-42(19)28(9-17)47-20-6-7-20/h8-13,16,18,20,45H,2-7,14-15H2,1H3,(H2,38,44)(H,39,43)/t33-,34+/m0/s1. The summed E-state index contributed by atoms with van der Waals surface area (Å²) >= 11 is 6.03. The number of hydrogen-bond donors (Lipinski definition) is 3. The van der Waals surface area contributed by atoms with Gasteiger partial charge in [-0.3, -0.25) is 9.59 Å². The molecule has 4 aromatic rings. The summed E-state index contributed by atoms with van der Waals surface area (Å²) in [6.07, 6.45) is 5.41. The summed E-state index contributed by atoms with van der Waals surface area (Å²) in [6, 6.07) is 8.63. The monoisotopic (exact) mass is 663 g/mol. The number of halogens is 3. The minimum atomic E-state index is -1.71. The second-order valence-electron chi connectivity index (χ2n) is 13.4. The zero-order valence-electron chi connectivity index (χ0n) is 25.5. The zero-order valence-corrected chi connectivity index (χ0v) is 26.2. The molecule has 0 unspecified atom stereocenters. The Morgan fingerprint density at radius 2 is 1.89 bits per heavy atom. The van der Waals surface area contributed by atoms with Crippen LogP contribution in [0, 0.1) is 17.6 Å². The van der Waals surface area contributed by atoms with Gasteiger partial charge < -0.3 is 25.6 Å². The van der Waals surface area contributed by atoms with E-state index in [4.69, 9.17) is 31.9 Å². The molecular weight excluding hydrogens is 632 g/mol. The summed E-state index contributed by atoms with van der Waals surface area (Å²) in [7, 11) is 0. The van der Waals surface area contributed by atoms with Gasteiger partial charge in [-0.15, -0.1) is 0 Å². The fraction of sp³-hybridized carbons (Fsp3) is 0.412. The molecule has 0 saturated heterocycles. The highest BCUT2D eigenvalue weighted by Gasteiger charge is 2.50. The Hall–Kier alpha value is -4.29. The van der Waals surface area contributed by atoms with Gasteiger partial charge in [0.2, 0.25) is 11.8 Å². The molecule has 1 aromatic carbocycles. The molecule has 3 aromatic heterocycles. The van der Waals surface area contributed by atoms with E-state index in [2.05, 4.69) is 10.3 Å². The van der Waals surface area contributed by atoms with E-state index in [1.807, 2.05) is 6.07 Å². The molecule has 0 bridgehead atoms. The van der Waals surface area contributed by atoms with Crippen LogP contribution in [0.15, 0.2) is 36.4 Å². The smallest absolute Gasteiger partial charge is 0.251 e. The average molecular weight is 664 g/mol. The summed E-state index contributed by atoms with van der Waals surface area (Å²) in [4.78, 5) is 31.0. The van der Waals surface area contributed by atoms with Crippen LogP contribution in [-0.4, -0.2) is 50.8 Å². The van der Waals surface area contributed by atoms with Crippen LogP contribution in [0.1, 0.15) is 78.7 Å². The molecule has 10 nitrogen and oxygen atoms in total. The molecule has 3 fully saturated rings. The third kappa shape index (κ3) is 5.18. The van der Waals surface area contributed by atoms with Crippen molar-refractivity contribution in [3.63, 3.8) is 0 Å². The number of rotatable bonds is 10. The molecule has 4 aliphatic rings. The lowest BCUT2D eigenvalue weighted by molar-refractivity contribution is -0.123. The Balaban J connectivity index is 1.17. The Morgan fingerprint density at radius 3 is 2.57 bits per heavy atom. The van der Waals surface area contributed by atoms with Crippen molar-refractivity contribution in [3.05, 3.63) is 75.6 Å². The molecule has 8 rings (SSSR count). The van der Waals surface area contributed by atoms with Crippen molar-refractivity contribution in [2.75, 3.05) is 13.2 Å².